The molecule has 42 heavy (non-hydrogen) atoms. The first-order valence-electron chi connectivity index (χ1n) is 14.0. The van der Waals surface area contributed by atoms with E-state index in [1.54, 1.807) is 11.8 Å². The third kappa shape index (κ3) is 6.07. The Morgan fingerprint density at radius 1 is 1.05 bits per heavy atom. The van der Waals surface area contributed by atoms with E-state index in [1.165, 1.54) is 16.6 Å². The number of sulfonamides is 1. The molecule has 1 fully saturated rings. The highest BCUT2D eigenvalue weighted by Crippen LogP contribution is 2.30. The summed E-state index contributed by atoms with van der Waals surface area (Å²) in [5.41, 5.74) is 2.88. The summed E-state index contributed by atoms with van der Waals surface area (Å²) in [6.07, 6.45) is 1.85. The summed E-state index contributed by atoms with van der Waals surface area (Å²) >= 11 is 0. The number of aryl methyl sites for hydroxylation is 2. The van der Waals surface area contributed by atoms with Gasteiger partial charge in [-0.1, -0.05) is 19.9 Å². The Labute approximate surface area is 244 Å². The SMILES string of the molecule is CCc1c2nc(-c3cc(S(=O)(=O)N4CCN(CC)CC4)cnc3OCCOC)[nH]c(=O)c2nn1Cc1cccc(C)n1. The van der Waals surface area contributed by atoms with E-state index in [-0.39, 0.29) is 34.3 Å². The fraction of sp³-hybridized carbons (Fsp3) is 0.464. The monoisotopic (exact) mass is 596 g/mol. The Morgan fingerprint density at radius 3 is 2.52 bits per heavy atom. The summed E-state index contributed by atoms with van der Waals surface area (Å²) in [5.74, 6) is 0.280. The van der Waals surface area contributed by atoms with E-state index < -0.39 is 15.6 Å². The first-order chi connectivity index (χ1) is 20.2. The molecule has 1 saturated heterocycles. The maximum absolute atomic E-state index is 13.6. The normalized spacial score (nSPS) is 15.0. The predicted octanol–water partition coefficient (Wildman–Crippen LogP) is 1.85. The van der Waals surface area contributed by atoms with Crippen LogP contribution in [-0.4, -0.2) is 100 Å². The molecule has 0 aromatic carbocycles. The molecule has 1 aliphatic heterocycles. The van der Waals surface area contributed by atoms with Crippen LogP contribution in [0.3, 0.4) is 0 Å². The van der Waals surface area contributed by atoms with E-state index in [9.17, 15) is 13.2 Å². The van der Waals surface area contributed by atoms with Crippen molar-refractivity contribution in [2.75, 3.05) is 53.0 Å². The van der Waals surface area contributed by atoms with Crippen LogP contribution < -0.4 is 10.3 Å². The van der Waals surface area contributed by atoms with Gasteiger partial charge < -0.3 is 19.4 Å². The van der Waals surface area contributed by atoms with Gasteiger partial charge in [0.1, 0.15) is 22.8 Å². The molecule has 0 aliphatic carbocycles. The summed E-state index contributed by atoms with van der Waals surface area (Å²) in [6, 6.07) is 7.22. The number of aromatic nitrogens is 6. The number of hydrogen-bond donors (Lipinski definition) is 1. The van der Waals surface area contributed by atoms with Gasteiger partial charge in [0.2, 0.25) is 15.9 Å². The smallest absolute Gasteiger partial charge is 0.279 e. The number of aromatic amines is 1. The lowest BCUT2D eigenvalue weighted by molar-refractivity contribution is 0.144. The van der Waals surface area contributed by atoms with Crippen LogP contribution in [0.15, 0.2) is 40.2 Å². The van der Waals surface area contributed by atoms with E-state index in [1.807, 2.05) is 32.0 Å². The van der Waals surface area contributed by atoms with Crippen molar-refractivity contribution in [2.45, 2.75) is 38.6 Å². The molecule has 0 bridgehead atoms. The highest BCUT2D eigenvalue weighted by Gasteiger charge is 2.30. The average Bonchev–Trinajstić information content (AvgIpc) is 3.34. The van der Waals surface area contributed by atoms with Crippen LogP contribution in [0.1, 0.15) is 30.9 Å². The zero-order valence-electron chi connectivity index (χ0n) is 24.3. The van der Waals surface area contributed by atoms with Crippen LogP contribution in [-0.2, 0) is 27.7 Å². The summed E-state index contributed by atoms with van der Waals surface area (Å²) in [4.78, 5) is 32.0. The summed E-state index contributed by atoms with van der Waals surface area (Å²) in [7, 11) is -2.29. The van der Waals surface area contributed by atoms with Gasteiger partial charge in [0, 0.05) is 39.0 Å². The van der Waals surface area contributed by atoms with Crippen molar-refractivity contribution in [3.05, 3.63) is 57.9 Å². The standard InChI is InChI=1S/C28H36N8O5S/c1-5-23-24-25(33-36(23)18-20-9-7-8-19(3)30-20)27(37)32-26(31-24)22-16-21(17-29-28(22)41-15-14-40-4)42(38,39)35-12-10-34(6-2)11-13-35/h7-9,16-17H,5-6,10-15,18H2,1-4H3,(H,31,32,37). The van der Waals surface area contributed by atoms with Crippen LogP contribution >= 0.6 is 0 Å². The van der Waals surface area contributed by atoms with Crippen LogP contribution in [0.4, 0.5) is 0 Å². The number of H-pyrrole nitrogens is 1. The molecule has 1 N–H and O–H groups in total. The molecule has 13 nitrogen and oxygen atoms in total. The van der Waals surface area contributed by atoms with Crippen LogP contribution in [0.5, 0.6) is 5.88 Å². The highest BCUT2D eigenvalue weighted by atomic mass is 32.2. The zero-order chi connectivity index (χ0) is 29.9. The first kappa shape index (κ1) is 29.8. The van der Waals surface area contributed by atoms with Gasteiger partial charge in [0.05, 0.1) is 36.3 Å². The topological polar surface area (TPSA) is 148 Å². The van der Waals surface area contributed by atoms with Crippen molar-refractivity contribution in [1.82, 2.24) is 38.9 Å². The van der Waals surface area contributed by atoms with Gasteiger partial charge in [0.15, 0.2) is 5.52 Å². The van der Waals surface area contributed by atoms with Crippen molar-refractivity contribution in [2.24, 2.45) is 0 Å². The number of hydrogen-bond acceptors (Lipinski definition) is 10. The van der Waals surface area contributed by atoms with Crippen molar-refractivity contribution in [3.8, 4) is 17.3 Å². The zero-order valence-corrected chi connectivity index (χ0v) is 25.1. The summed E-state index contributed by atoms with van der Waals surface area (Å²) in [6.45, 7) is 9.73. The number of ether oxygens (including phenoxy) is 2. The molecule has 14 heteroatoms. The first-order valence-corrected chi connectivity index (χ1v) is 15.5. The maximum Gasteiger partial charge on any atom is 0.279 e. The number of likely N-dealkylation sites (N-methyl/N-ethyl adjacent to an activating group) is 1. The number of pyridine rings is 2. The number of methoxy groups -OCH3 is 1. The Morgan fingerprint density at radius 2 is 1.83 bits per heavy atom. The summed E-state index contributed by atoms with van der Waals surface area (Å²) < 4.78 is 41.4. The Balaban J connectivity index is 1.58. The molecule has 0 saturated carbocycles. The second kappa shape index (κ2) is 12.7. The highest BCUT2D eigenvalue weighted by molar-refractivity contribution is 7.89. The van der Waals surface area contributed by atoms with Gasteiger partial charge in [-0.3, -0.25) is 14.5 Å². The Kier molecular flexibility index (Phi) is 8.96. The second-order valence-electron chi connectivity index (χ2n) is 10.0. The largest absolute Gasteiger partial charge is 0.475 e. The maximum atomic E-state index is 13.6. The van der Waals surface area contributed by atoms with Gasteiger partial charge in [-0.05, 0) is 38.1 Å². The molecule has 5 heterocycles. The molecule has 224 valence electrons. The van der Waals surface area contributed by atoms with Gasteiger partial charge in [0.25, 0.3) is 5.56 Å². The van der Waals surface area contributed by atoms with E-state index in [4.69, 9.17) is 14.5 Å². The van der Waals surface area contributed by atoms with Gasteiger partial charge in [-0.25, -0.2) is 18.4 Å². The lowest BCUT2D eigenvalue weighted by Gasteiger charge is -2.33. The molecular weight excluding hydrogens is 560 g/mol. The van der Waals surface area contributed by atoms with Crippen LogP contribution in [0.2, 0.25) is 0 Å². The Hall–Kier alpha value is -3.72. The molecule has 4 aromatic rings. The van der Waals surface area contributed by atoms with Gasteiger partial charge >= 0.3 is 0 Å². The number of fused-ring (bicyclic) bond motifs is 1. The van der Waals surface area contributed by atoms with Crippen LogP contribution in [0.25, 0.3) is 22.4 Å². The third-order valence-corrected chi connectivity index (χ3v) is 9.18. The molecule has 0 amide bonds. The predicted molar refractivity (Wildman–Crippen MR) is 157 cm³/mol. The average molecular weight is 597 g/mol. The lowest BCUT2D eigenvalue weighted by Crippen LogP contribution is -2.48. The fourth-order valence-corrected chi connectivity index (χ4v) is 6.42. The number of rotatable bonds is 11. The molecule has 0 atom stereocenters. The lowest BCUT2D eigenvalue weighted by atomic mass is 10.2. The van der Waals surface area contributed by atoms with Gasteiger partial charge in [-0.2, -0.15) is 9.40 Å². The molecular formula is C28H36N8O5S. The second-order valence-corrected chi connectivity index (χ2v) is 12.0. The van der Waals surface area contributed by atoms with E-state index in [0.29, 0.717) is 51.3 Å². The Bertz CT molecular complexity index is 1730. The minimum Gasteiger partial charge on any atom is -0.475 e. The van der Waals surface area contributed by atoms with E-state index in [0.717, 1.165) is 23.6 Å². The van der Waals surface area contributed by atoms with Crippen molar-refractivity contribution >= 4 is 21.1 Å². The molecule has 4 aromatic heterocycles. The molecule has 0 unspecified atom stereocenters. The third-order valence-electron chi connectivity index (χ3n) is 7.32. The number of piperazine rings is 1. The quantitative estimate of drug-likeness (QED) is 0.254. The van der Waals surface area contributed by atoms with Gasteiger partial charge in [-0.15, -0.1) is 0 Å². The fourth-order valence-electron chi connectivity index (χ4n) is 5.03. The number of nitrogens with one attached hydrogen (secondary N) is 1. The van der Waals surface area contributed by atoms with E-state index in [2.05, 4.69) is 31.9 Å². The molecule has 0 spiro atoms. The molecule has 5 rings (SSSR count). The van der Waals surface area contributed by atoms with Crippen molar-refractivity contribution in [3.63, 3.8) is 0 Å². The van der Waals surface area contributed by atoms with E-state index >= 15 is 0 Å². The van der Waals surface area contributed by atoms with Crippen molar-refractivity contribution < 1.29 is 17.9 Å². The minimum atomic E-state index is -3.84. The number of nitrogens with zero attached hydrogens (tertiary/aromatic N) is 7. The summed E-state index contributed by atoms with van der Waals surface area (Å²) in [5, 5.41) is 4.56. The van der Waals surface area contributed by atoms with Crippen molar-refractivity contribution in [1.29, 1.82) is 0 Å². The van der Waals surface area contributed by atoms with Crippen LogP contribution in [0, 0.1) is 6.92 Å². The molecule has 1 aliphatic rings. The minimum absolute atomic E-state index is 0.00113. The molecule has 0 radical (unpaired) electrons.